The van der Waals surface area contributed by atoms with Crippen LogP contribution in [0.1, 0.15) is 10.4 Å². The number of benzene rings is 1. The van der Waals surface area contributed by atoms with Gasteiger partial charge in [-0.1, -0.05) is 0 Å². The molecule has 9 heteroatoms. The van der Waals surface area contributed by atoms with Gasteiger partial charge in [-0.25, -0.2) is 4.79 Å². The summed E-state index contributed by atoms with van der Waals surface area (Å²) in [7, 11) is 0. The van der Waals surface area contributed by atoms with Crippen molar-refractivity contribution in [3.63, 3.8) is 0 Å². The molecule has 1 aromatic carbocycles. The van der Waals surface area contributed by atoms with Gasteiger partial charge in [0.05, 0.1) is 10.4 Å². The summed E-state index contributed by atoms with van der Waals surface area (Å²) >= 11 is 0. The molecular formula is C15H9N3O6. The Hall–Kier alpha value is -3.75. The SMILES string of the molecule is O=C(O)c1cc2cc(-n3ccc(=O)cc3)c([N+](=O)[O-])cc2[nH]c1=O. The summed E-state index contributed by atoms with van der Waals surface area (Å²) < 4.78 is 1.37. The third kappa shape index (κ3) is 2.54. The molecule has 0 atom stereocenters. The molecule has 2 N–H and O–H groups in total. The number of H-pyrrole nitrogens is 1. The fourth-order valence-corrected chi connectivity index (χ4v) is 2.32. The Labute approximate surface area is 132 Å². The number of fused-ring (bicyclic) bond motifs is 1. The third-order valence-corrected chi connectivity index (χ3v) is 3.44. The second kappa shape index (κ2) is 5.47. The van der Waals surface area contributed by atoms with Crippen LogP contribution in [0.5, 0.6) is 0 Å². The minimum atomic E-state index is -1.40. The van der Waals surface area contributed by atoms with Crippen molar-refractivity contribution >= 4 is 22.6 Å². The average Bonchev–Trinajstić information content (AvgIpc) is 2.53. The number of nitro groups is 1. The number of nitro benzene ring substituents is 1. The maximum Gasteiger partial charge on any atom is 0.341 e. The highest BCUT2D eigenvalue weighted by molar-refractivity contribution is 5.93. The molecule has 0 unspecified atom stereocenters. The van der Waals surface area contributed by atoms with Gasteiger partial charge in [-0.2, -0.15) is 0 Å². The van der Waals surface area contributed by atoms with E-state index in [-0.39, 0.29) is 22.3 Å². The summed E-state index contributed by atoms with van der Waals surface area (Å²) in [6.45, 7) is 0. The normalized spacial score (nSPS) is 10.7. The van der Waals surface area contributed by atoms with E-state index in [1.54, 1.807) is 0 Å². The van der Waals surface area contributed by atoms with Gasteiger partial charge in [0.2, 0.25) is 0 Å². The number of carboxylic acids is 1. The molecule has 120 valence electrons. The maximum absolute atomic E-state index is 11.7. The minimum absolute atomic E-state index is 0.135. The fraction of sp³-hybridized carbons (Fsp3) is 0. The molecule has 0 spiro atoms. The van der Waals surface area contributed by atoms with E-state index < -0.39 is 22.0 Å². The lowest BCUT2D eigenvalue weighted by Gasteiger charge is -2.09. The van der Waals surface area contributed by atoms with Crippen LogP contribution in [0.4, 0.5) is 5.69 Å². The second-order valence-corrected chi connectivity index (χ2v) is 4.94. The van der Waals surface area contributed by atoms with Gasteiger partial charge < -0.3 is 14.7 Å². The lowest BCUT2D eigenvalue weighted by atomic mass is 10.1. The quantitative estimate of drug-likeness (QED) is 0.549. The van der Waals surface area contributed by atoms with Gasteiger partial charge in [-0.05, 0) is 12.1 Å². The Morgan fingerprint density at radius 1 is 1.17 bits per heavy atom. The summed E-state index contributed by atoms with van der Waals surface area (Å²) in [5.41, 5.74) is -1.60. The average molecular weight is 327 g/mol. The summed E-state index contributed by atoms with van der Waals surface area (Å²) in [4.78, 5) is 47.0. The Morgan fingerprint density at radius 3 is 2.42 bits per heavy atom. The molecule has 0 radical (unpaired) electrons. The van der Waals surface area contributed by atoms with Crippen molar-refractivity contribution < 1.29 is 14.8 Å². The van der Waals surface area contributed by atoms with Crippen LogP contribution in [0, 0.1) is 10.1 Å². The molecule has 9 nitrogen and oxygen atoms in total. The standard InChI is InChI=1S/C15H9N3O6/c19-9-1-3-17(4-2-9)12-6-8-5-10(15(21)22)14(20)16-11(8)7-13(12)18(23)24/h1-7H,(H,16,20)(H,21,22). The van der Waals surface area contributed by atoms with Crippen molar-refractivity contribution in [1.82, 2.24) is 9.55 Å². The highest BCUT2D eigenvalue weighted by atomic mass is 16.6. The van der Waals surface area contributed by atoms with Crippen LogP contribution >= 0.6 is 0 Å². The zero-order valence-electron chi connectivity index (χ0n) is 11.9. The van der Waals surface area contributed by atoms with Gasteiger partial charge in [0.25, 0.3) is 11.2 Å². The van der Waals surface area contributed by atoms with Gasteiger partial charge in [0.15, 0.2) is 5.43 Å². The highest BCUT2D eigenvalue weighted by Crippen LogP contribution is 2.27. The monoisotopic (exact) mass is 327 g/mol. The van der Waals surface area contributed by atoms with E-state index in [2.05, 4.69) is 4.98 Å². The van der Waals surface area contributed by atoms with Crippen LogP contribution in [0.3, 0.4) is 0 Å². The molecule has 0 aliphatic rings. The molecule has 0 amide bonds. The number of carboxylic acid groups (broad SMARTS) is 1. The first kappa shape index (κ1) is 15.2. The largest absolute Gasteiger partial charge is 0.477 e. The van der Waals surface area contributed by atoms with Crippen molar-refractivity contribution in [2.75, 3.05) is 0 Å². The van der Waals surface area contributed by atoms with Gasteiger partial charge in [-0.15, -0.1) is 0 Å². The molecule has 0 fully saturated rings. The molecule has 3 rings (SSSR count). The molecule has 2 aromatic heterocycles. The number of rotatable bonds is 3. The first-order chi connectivity index (χ1) is 11.4. The topological polar surface area (TPSA) is 135 Å². The minimum Gasteiger partial charge on any atom is -0.477 e. The number of hydrogen-bond acceptors (Lipinski definition) is 5. The first-order valence-electron chi connectivity index (χ1n) is 6.64. The van der Waals surface area contributed by atoms with Crippen LogP contribution < -0.4 is 11.0 Å². The van der Waals surface area contributed by atoms with Gasteiger partial charge in [0.1, 0.15) is 11.3 Å². The van der Waals surface area contributed by atoms with E-state index in [9.17, 15) is 24.5 Å². The van der Waals surface area contributed by atoms with Crippen molar-refractivity contribution in [1.29, 1.82) is 0 Å². The molecule has 2 heterocycles. The van der Waals surface area contributed by atoms with Crippen molar-refractivity contribution in [3.8, 4) is 5.69 Å². The smallest absolute Gasteiger partial charge is 0.341 e. The van der Waals surface area contributed by atoms with E-state index in [1.165, 1.54) is 35.2 Å². The van der Waals surface area contributed by atoms with Gasteiger partial charge in [0, 0.05) is 36.0 Å². The number of nitrogens with one attached hydrogen (secondary N) is 1. The Bertz CT molecular complexity index is 1090. The van der Waals surface area contributed by atoms with Crippen LogP contribution in [0.2, 0.25) is 0 Å². The molecule has 3 aromatic rings. The Kier molecular flexibility index (Phi) is 3.45. The number of nitrogens with zero attached hydrogens (tertiary/aromatic N) is 2. The summed E-state index contributed by atoms with van der Waals surface area (Å²) in [5.74, 6) is -1.40. The lowest BCUT2D eigenvalue weighted by molar-refractivity contribution is -0.384. The van der Waals surface area contributed by atoms with Crippen molar-refractivity contribution in [2.45, 2.75) is 0 Å². The fourth-order valence-electron chi connectivity index (χ4n) is 2.32. The number of hydrogen-bond donors (Lipinski definition) is 2. The van der Waals surface area contributed by atoms with E-state index in [0.29, 0.717) is 5.39 Å². The van der Waals surface area contributed by atoms with Gasteiger partial charge >= 0.3 is 5.97 Å². The van der Waals surface area contributed by atoms with E-state index in [1.807, 2.05) is 0 Å². The molecule has 0 saturated carbocycles. The molecule has 24 heavy (non-hydrogen) atoms. The van der Waals surface area contributed by atoms with Crippen molar-refractivity contribution in [3.05, 3.63) is 79.0 Å². The number of aromatic amines is 1. The molecular weight excluding hydrogens is 318 g/mol. The van der Waals surface area contributed by atoms with Crippen molar-refractivity contribution in [2.24, 2.45) is 0 Å². The van der Waals surface area contributed by atoms with E-state index >= 15 is 0 Å². The van der Waals surface area contributed by atoms with Crippen LogP contribution in [0.15, 0.2) is 52.3 Å². The van der Waals surface area contributed by atoms with Gasteiger partial charge in [-0.3, -0.25) is 19.7 Å². The molecule has 0 bridgehead atoms. The molecule has 0 aliphatic carbocycles. The number of pyridine rings is 2. The first-order valence-corrected chi connectivity index (χ1v) is 6.64. The highest BCUT2D eigenvalue weighted by Gasteiger charge is 2.18. The van der Waals surface area contributed by atoms with Crippen LogP contribution in [-0.2, 0) is 0 Å². The number of aromatic carboxylic acids is 1. The number of aromatic nitrogens is 2. The summed E-state index contributed by atoms with van der Waals surface area (Å²) in [5, 5.41) is 20.6. The maximum atomic E-state index is 11.7. The molecule has 0 aliphatic heterocycles. The predicted octanol–water partition coefficient (Wildman–Crippen LogP) is 1.29. The lowest BCUT2D eigenvalue weighted by Crippen LogP contribution is -2.17. The zero-order chi connectivity index (χ0) is 17.4. The summed E-state index contributed by atoms with van der Waals surface area (Å²) in [6, 6.07) is 6.15. The third-order valence-electron chi connectivity index (χ3n) is 3.44. The number of carbonyl (C=O) groups is 1. The van der Waals surface area contributed by atoms with E-state index in [0.717, 1.165) is 12.1 Å². The Morgan fingerprint density at radius 2 is 1.83 bits per heavy atom. The predicted molar refractivity (Wildman–Crippen MR) is 83.8 cm³/mol. The van der Waals surface area contributed by atoms with Crippen LogP contribution in [-0.4, -0.2) is 25.6 Å². The second-order valence-electron chi connectivity index (χ2n) is 4.94. The zero-order valence-corrected chi connectivity index (χ0v) is 11.9. The molecule has 0 saturated heterocycles. The van der Waals surface area contributed by atoms with E-state index in [4.69, 9.17) is 5.11 Å². The van der Waals surface area contributed by atoms with Crippen LogP contribution in [0.25, 0.3) is 16.6 Å². The Balaban J connectivity index is 2.36. The summed E-state index contributed by atoms with van der Waals surface area (Å²) in [6.07, 6.45) is 2.72.